The maximum absolute atomic E-state index is 13.4. The minimum absolute atomic E-state index is 0.226. The second-order valence-electron chi connectivity index (χ2n) is 10.2. The zero-order valence-electron chi connectivity index (χ0n) is 23.9. The Morgan fingerprint density at radius 2 is 1.88 bits per heavy atom. The summed E-state index contributed by atoms with van der Waals surface area (Å²) in [6, 6.07) is 16.1. The van der Waals surface area contributed by atoms with Gasteiger partial charge in [-0.3, -0.25) is 4.79 Å². The molecule has 0 saturated heterocycles. The van der Waals surface area contributed by atoms with Crippen LogP contribution in [0.15, 0.2) is 76.6 Å². The molecule has 0 bridgehead atoms. The molecule has 1 N–H and O–H groups in total. The zero-order chi connectivity index (χ0) is 29.6. The van der Waals surface area contributed by atoms with Crippen LogP contribution in [0.1, 0.15) is 48.8 Å². The van der Waals surface area contributed by atoms with Crippen molar-refractivity contribution in [3.63, 3.8) is 0 Å². The number of hydrogen-bond acceptors (Lipinski definition) is 8. The Hall–Kier alpha value is -4.57. The summed E-state index contributed by atoms with van der Waals surface area (Å²) < 4.78 is 7.08. The molecule has 0 aliphatic heterocycles. The van der Waals surface area contributed by atoms with Crippen molar-refractivity contribution in [3.8, 4) is 22.5 Å². The molecule has 2 aromatic carbocycles. The van der Waals surface area contributed by atoms with E-state index in [1.54, 1.807) is 6.08 Å². The van der Waals surface area contributed by atoms with Crippen molar-refractivity contribution >= 4 is 23.1 Å². The largest absolute Gasteiger partial charge is 0.465 e. The third-order valence-electron chi connectivity index (χ3n) is 7.50. The number of aromatic nitrogens is 6. The van der Waals surface area contributed by atoms with Gasteiger partial charge in [0, 0.05) is 40.1 Å². The molecule has 9 nitrogen and oxygen atoms in total. The first-order valence-corrected chi connectivity index (χ1v) is 14.3. The number of rotatable bonds is 10. The molecular formula is C32H32N6O3S. The van der Waals surface area contributed by atoms with Crippen LogP contribution in [-0.2, 0) is 28.9 Å². The van der Waals surface area contributed by atoms with Crippen LogP contribution in [0.5, 0.6) is 0 Å². The Morgan fingerprint density at radius 3 is 2.57 bits per heavy atom. The number of aryl methyl sites for hydroxylation is 1. The molecule has 4 aromatic rings. The number of allylic oxidation sites excluding steroid dienone is 2. The number of unbranched alkanes of at least 4 members (excludes halogenated alkanes) is 1. The van der Waals surface area contributed by atoms with E-state index in [4.69, 9.17) is 17.0 Å². The minimum atomic E-state index is -0.425. The molecule has 10 heteroatoms. The lowest BCUT2D eigenvalue weighted by atomic mass is 9.95. The highest BCUT2D eigenvalue weighted by Gasteiger charge is 2.23. The molecular weight excluding hydrogens is 548 g/mol. The van der Waals surface area contributed by atoms with Crippen molar-refractivity contribution in [1.82, 2.24) is 30.2 Å². The third kappa shape index (κ3) is 6.03. The van der Waals surface area contributed by atoms with Crippen molar-refractivity contribution in [2.24, 2.45) is 0 Å². The first kappa shape index (κ1) is 28.9. The standard InChI is InChI=1S/C32H32N6O3S/c1-4-5-12-28-26(31(39)33-20(2)38(28)19-27-25(32(40)41-3)11-8-13-29(27)42)18-21-14-16-22(17-15-21)23-9-6-7-10-24(23)30-34-36-37-35-30/h6-11,14-17H,4-5,12-13,18-19H2,1-3H3,(H,34,35,36,37). The second kappa shape index (κ2) is 12.9. The molecule has 0 atom stereocenters. The van der Waals surface area contributed by atoms with Crippen LogP contribution >= 0.6 is 12.2 Å². The van der Waals surface area contributed by atoms with Crippen molar-refractivity contribution in [1.29, 1.82) is 0 Å². The summed E-state index contributed by atoms with van der Waals surface area (Å²) in [5.74, 6) is 0.768. The van der Waals surface area contributed by atoms with Gasteiger partial charge in [0.25, 0.3) is 5.56 Å². The average molecular weight is 581 g/mol. The van der Waals surface area contributed by atoms with Crippen molar-refractivity contribution < 1.29 is 9.53 Å². The van der Waals surface area contributed by atoms with Crippen LogP contribution in [0.2, 0.25) is 0 Å². The Morgan fingerprint density at radius 1 is 1.12 bits per heavy atom. The van der Waals surface area contributed by atoms with Gasteiger partial charge < -0.3 is 9.30 Å². The topological polar surface area (TPSA) is 116 Å². The molecule has 2 heterocycles. The van der Waals surface area contributed by atoms with Crippen LogP contribution < -0.4 is 5.56 Å². The Bertz CT molecular complexity index is 1740. The fourth-order valence-corrected chi connectivity index (χ4v) is 5.56. The smallest absolute Gasteiger partial charge is 0.338 e. The lowest BCUT2D eigenvalue weighted by Gasteiger charge is -2.23. The van der Waals surface area contributed by atoms with E-state index in [0.717, 1.165) is 46.4 Å². The molecule has 0 spiro atoms. The van der Waals surface area contributed by atoms with Gasteiger partial charge in [0.2, 0.25) is 0 Å². The lowest BCUT2D eigenvalue weighted by Crippen LogP contribution is -2.28. The molecule has 0 radical (unpaired) electrons. The quantitative estimate of drug-likeness (QED) is 0.203. The normalized spacial score (nSPS) is 13.1. The number of thiocarbonyl (C=S) groups is 1. The van der Waals surface area contributed by atoms with Crippen LogP contribution in [0.25, 0.3) is 22.5 Å². The highest BCUT2D eigenvalue weighted by atomic mass is 32.1. The van der Waals surface area contributed by atoms with Gasteiger partial charge in [-0.05, 0) is 46.9 Å². The van der Waals surface area contributed by atoms with Crippen molar-refractivity contribution in [2.75, 3.05) is 7.11 Å². The Labute approximate surface area is 249 Å². The van der Waals surface area contributed by atoms with Gasteiger partial charge in [0.1, 0.15) is 5.82 Å². The van der Waals surface area contributed by atoms with E-state index in [0.29, 0.717) is 53.5 Å². The van der Waals surface area contributed by atoms with Gasteiger partial charge in [0.15, 0.2) is 5.82 Å². The summed E-state index contributed by atoms with van der Waals surface area (Å²) in [6.45, 7) is 4.31. The van der Waals surface area contributed by atoms with Crippen LogP contribution in [0.4, 0.5) is 0 Å². The maximum atomic E-state index is 13.4. The van der Waals surface area contributed by atoms with E-state index in [-0.39, 0.29) is 5.56 Å². The second-order valence-corrected chi connectivity index (χ2v) is 10.7. The fraction of sp³-hybridized carbons (Fsp3) is 0.281. The molecule has 0 fully saturated rings. The first-order valence-electron chi connectivity index (χ1n) is 13.9. The number of ether oxygens (including phenoxy) is 1. The third-order valence-corrected chi connectivity index (χ3v) is 7.91. The molecule has 2 aromatic heterocycles. The van der Waals surface area contributed by atoms with Crippen LogP contribution in [0.3, 0.4) is 0 Å². The van der Waals surface area contributed by atoms with Gasteiger partial charge in [-0.2, -0.15) is 4.98 Å². The Kier molecular flexibility index (Phi) is 8.92. The number of tetrazole rings is 1. The molecule has 1 aliphatic rings. The highest BCUT2D eigenvalue weighted by molar-refractivity contribution is 7.80. The van der Waals surface area contributed by atoms with E-state index < -0.39 is 5.97 Å². The summed E-state index contributed by atoms with van der Waals surface area (Å²) in [5, 5.41) is 14.3. The number of aromatic amines is 1. The zero-order valence-corrected chi connectivity index (χ0v) is 24.7. The monoisotopic (exact) mass is 580 g/mol. The predicted octanol–water partition coefficient (Wildman–Crippen LogP) is 5.13. The summed E-state index contributed by atoms with van der Waals surface area (Å²) >= 11 is 5.67. The number of H-pyrrole nitrogens is 1. The number of methoxy groups -OCH3 is 1. The molecule has 0 saturated carbocycles. The SMILES string of the molecule is CCCCc1c(Cc2ccc(-c3ccccc3-c3nnn[nH]3)cc2)c(=O)nc(C)n1CC1=C(C(=O)OC)C=CCC1=S. The lowest BCUT2D eigenvalue weighted by molar-refractivity contribution is -0.135. The van der Waals surface area contributed by atoms with E-state index in [9.17, 15) is 9.59 Å². The van der Waals surface area contributed by atoms with Gasteiger partial charge in [-0.25, -0.2) is 9.89 Å². The number of nitrogens with one attached hydrogen (secondary N) is 1. The number of carbonyl (C=O) groups is 1. The van der Waals surface area contributed by atoms with Crippen molar-refractivity contribution in [2.45, 2.75) is 52.5 Å². The van der Waals surface area contributed by atoms with Gasteiger partial charge >= 0.3 is 5.97 Å². The number of hydrogen-bond donors (Lipinski definition) is 1. The van der Waals surface area contributed by atoms with Crippen LogP contribution in [-0.4, -0.2) is 48.1 Å². The predicted molar refractivity (Wildman–Crippen MR) is 165 cm³/mol. The van der Waals surface area contributed by atoms with E-state index in [1.165, 1.54) is 7.11 Å². The first-order chi connectivity index (χ1) is 20.4. The molecule has 0 unspecified atom stereocenters. The van der Waals surface area contributed by atoms with Gasteiger partial charge in [-0.15, -0.1) is 5.10 Å². The number of esters is 1. The number of carbonyl (C=O) groups excluding carboxylic acids is 1. The van der Waals surface area contributed by atoms with E-state index in [2.05, 4.69) is 32.5 Å². The average Bonchev–Trinajstić information content (AvgIpc) is 3.55. The number of benzene rings is 2. The summed E-state index contributed by atoms with van der Waals surface area (Å²) in [6.07, 6.45) is 7.26. The summed E-state index contributed by atoms with van der Waals surface area (Å²) in [7, 11) is 1.37. The van der Waals surface area contributed by atoms with Gasteiger partial charge in [-0.1, -0.05) is 86.2 Å². The summed E-state index contributed by atoms with van der Waals surface area (Å²) in [5.41, 5.74) is 6.45. The Balaban J connectivity index is 1.52. The molecule has 5 rings (SSSR count). The van der Waals surface area contributed by atoms with E-state index in [1.807, 2.05) is 66.1 Å². The molecule has 42 heavy (non-hydrogen) atoms. The molecule has 214 valence electrons. The fourth-order valence-electron chi connectivity index (χ4n) is 5.29. The number of nitrogens with zero attached hydrogens (tertiary/aromatic N) is 5. The van der Waals surface area contributed by atoms with Gasteiger partial charge in [0.05, 0.1) is 19.2 Å². The molecule has 0 amide bonds. The minimum Gasteiger partial charge on any atom is -0.465 e. The summed E-state index contributed by atoms with van der Waals surface area (Å²) in [4.78, 5) is 31.0. The maximum Gasteiger partial charge on any atom is 0.338 e. The van der Waals surface area contributed by atoms with Crippen molar-refractivity contribution in [3.05, 3.63) is 105 Å². The van der Waals surface area contributed by atoms with Crippen LogP contribution in [0, 0.1) is 6.92 Å². The van der Waals surface area contributed by atoms with E-state index >= 15 is 0 Å². The highest BCUT2D eigenvalue weighted by Crippen LogP contribution is 2.30. The molecule has 1 aliphatic carbocycles.